The topological polar surface area (TPSA) is 96.5 Å². The number of sulfonamides is 1. The Kier molecular flexibility index (Phi) is 8.13. The van der Waals surface area contributed by atoms with Crippen molar-refractivity contribution in [3.8, 4) is 5.75 Å². The molecule has 1 aromatic heterocycles. The van der Waals surface area contributed by atoms with Crippen molar-refractivity contribution in [2.75, 3.05) is 44.5 Å². The van der Waals surface area contributed by atoms with E-state index in [1.165, 1.54) is 7.11 Å². The van der Waals surface area contributed by atoms with Gasteiger partial charge in [-0.1, -0.05) is 28.1 Å². The molecule has 8 nitrogen and oxygen atoms in total. The smallest absolute Gasteiger partial charge is 0.244 e. The fourth-order valence-electron chi connectivity index (χ4n) is 4.52. The van der Waals surface area contributed by atoms with E-state index in [0.29, 0.717) is 34.6 Å². The quantitative estimate of drug-likeness (QED) is 0.392. The minimum atomic E-state index is -3.65. The van der Waals surface area contributed by atoms with Crippen molar-refractivity contribution in [3.05, 3.63) is 46.9 Å². The number of aromatic nitrogens is 2. The van der Waals surface area contributed by atoms with Crippen molar-refractivity contribution in [2.45, 2.75) is 30.6 Å². The molecule has 2 aromatic carbocycles. The Labute approximate surface area is 215 Å². The number of hydrogen-bond acceptors (Lipinski definition) is 7. The Balaban J connectivity index is 1.30. The third kappa shape index (κ3) is 6.23. The van der Waals surface area contributed by atoms with E-state index in [1.807, 2.05) is 43.3 Å². The molecular weight excluding hydrogens is 530 g/mol. The van der Waals surface area contributed by atoms with Gasteiger partial charge in [0.1, 0.15) is 16.5 Å². The highest BCUT2D eigenvalue weighted by Crippen LogP contribution is 2.31. The van der Waals surface area contributed by atoms with Crippen molar-refractivity contribution in [2.24, 2.45) is 11.8 Å². The lowest BCUT2D eigenvalue weighted by Gasteiger charge is -2.29. The number of rotatable bonds is 9. The van der Waals surface area contributed by atoms with Crippen LogP contribution in [0, 0.1) is 11.8 Å². The zero-order chi connectivity index (χ0) is 25.0. The molecule has 0 unspecified atom stereocenters. The molecule has 0 bridgehead atoms. The van der Waals surface area contributed by atoms with E-state index in [9.17, 15) is 8.42 Å². The van der Waals surface area contributed by atoms with Crippen LogP contribution in [0.5, 0.6) is 5.75 Å². The zero-order valence-corrected chi connectivity index (χ0v) is 22.7. The fourth-order valence-corrected chi connectivity index (χ4v) is 6.34. The molecule has 1 heterocycles. The molecule has 0 spiro atoms. The molecule has 4 rings (SSSR count). The van der Waals surface area contributed by atoms with Crippen molar-refractivity contribution >= 4 is 48.6 Å². The Morgan fingerprint density at radius 1 is 1.03 bits per heavy atom. The van der Waals surface area contributed by atoms with Crippen LogP contribution in [0.3, 0.4) is 0 Å². The third-order valence-electron chi connectivity index (χ3n) is 6.50. The van der Waals surface area contributed by atoms with Gasteiger partial charge in [-0.2, -0.15) is 4.98 Å². The number of halogens is 1. The van der Waals surface area contributed by atoms with Crippen LogP contribution in [0.4, 0.5) is 11.8 Å². The molecule has 1 aliphatic rings. The van der Waals surface area contributed by atoms with Crippen molar-refractivity contribution in [1.29, 1.82) is 0 Å². The average molecular weight is 563 g/mol. The van der Waals surface area contributed by atoms with Crippen LogP contribution in [0.2, 0.25) is 0 Å². The maximum atomic E-state index is 12.9. The van der Waals surface area contributed by atoms with Crippen molar-refractivity contribution < 1.29 is 13.2 Å². The van der Waals surface area contributed by atoms with Gasteiger partial charge in [0, 0.05) is 37.0 Å². The maximum Gasteiger partial charge on any atom is 0.244 e. The monoisotopic (exact) mass is 561 g/mol. The summed E-state index contributed by atoms with van der Waals surface area (Å²) in [5, 5.41) is 4.47. The standard InChI is InChI=1S/C25H32BrN5O3S/c1-31(2)24-20-6-4-5-7-21(20)29-25(30-24)27-15-17-8-10-18(11-9-17)16-28-35(32,33)23-14-19(26)12-13-22(23)34-3/h4-7,12-14,17-18,28H,8-11,15-16H2,1-3H3,(H,27,29,30)/t17-,18-. The number of hydrogen-bond donors (Lipinski definition) is 2. The molecule has 0 atom stereocenters. The number of nitrogens with zero attached hydrogens (tertiary/aromatic N) is 3. The molecule has 1 fully saturated rings. The summed E-state index contributed by atoms with van der Waals surface area (Å²) >= 11 is 3.34. The first-order valence-corrected chi connectivity index (χ1v) is 14.1. The largest absolute Gasteiger partial charge is 0.495 e. The van der Waals surface area contributed by atoms with Gasteiger partial charge >= 0.3 is 0 Å². The third-order valence-corrected chi connectivity index (χ3v) is 8.44. The van der Waals surface area contributed by atoms with Gasteiger partial charge in [0.05, 0.1) is 12.6 Å². The normalized spacial score (nSPS) is 18.4. The predicted molar refractivity (Wildman–Crippen MR) is 144 cm³/mol. The van der Waals surface area contributed by atoms with Gasteiger partial charge in [-0.3, -0.25) is 0 Å². The minimum Gasteiger partial charge on any atom is -0.495 e. The van der Waals surface area contributed by atoms with Gasteiger partial charge in [0.25, 0.3) is 0 Å². The molecule has 0 radical (unpaired) electrons. The van der Waals surface area contributed by atoms with Crippen LogP contribution in [-0.4, -0.2) is 52.7 Å². The maximum absolute atomic E-state index is 12.9. The van der Waals surface area contributed by atoms with Crippen LogP contribution >= 0.6 is 15.9 Å². The van der Waals surface area contributed by atoms with Crippen LogP contribution < -0.4 is 19.7 Å². The van der Waals surface area contributed by atoms with Gasteiger partial charge in [-0.25, -0.2) is 18.1 Å². The molecule has 10 heteroatoms. The number of nitrogens with one attached hydrogen (secondary N) is 2. The van der Waals surface area contributed by atoms with Crippen LogP contribution in [0.25, 0.3) is 10.9 Å². The van der Waals surface area contributed by atoms with E-state index < -0.39 is 10.0 Å². The van der Waals surface area contributed by atoms with E-state index in [2.05, 4.69) is 31.0 Å². The SMILES string of the molecule is COc1ccc(Br)cc1S(=O)(=O)NC[C@H]1CC[C@H](CNc2nc(N(C)C)c3ccccc3n2)CC1. The summed E-state index contributed by atoms with van der Waals surface area (Å²) in [6.07, 6.45) is 4.03. The Bertz CT molecular complexity index is 1280. The highest BCUT2D eigenvalue weighted by molar-refractivity contribution is 9.10. The summed E-state index contributed by atoms with van der Waals surface area (Å²) < 4.78 is 34.4. The summed E-state index contributed by atoms with van der Waals surface area (Å²) in [7, 11) is 1.80. The van der Waals surface area contributed by atoms with Crippen LogP contribution in [-0.2, 0) is 10.0 Å². The lowest BCUT2D eigenvalue weighted by atomic mass is 9.82. The van der Waals surface area contributed by atoms with E-state index in [-0.39, 0.29) is 4.90 Å². The molecule has 1 aliphatic carbocycles. The Morgan fingerprint density at radius 3 is 2.40 bits per heavy atom. The van der Waals surface area contributed by atoms with E-state index in [0.717, 1.165) is 48.9 Å². The number of anilines is 2. The first kappa shape index (κ1) is 25.7. The Morgan fingerprint density at radius 2 is 1.71 bits per heavy atom. The fraction of sp³-hybridized carbons (Fsp3) is 0.440. The van der Waals surface area contributed by atoms with Crippen molar-refractivity contribution in [1.82, 2.24) is 14.7 Å². The number of para-hydroxylation sites is 1. The van der Waals surface area contributed by atoms with Gasteiger partial charge in [0.15, 0.2) is 0 Å². The number of fused-ring (bicyclic) bond motifs is 1. The molecule has 1 saturated carbocycles. The molecule has 0 aliphatic heterocycles. The number of benzene rings is 2. The second-order valence-corrected chi connectivity index (χ2v) is 11.8. The lowest BCUT2D eigenvalue weighted by Crippen LogP contribution is -2.32. The van der Waals surface area contributed by atoms with Gasteiger partial charge < -0.3 is 15.0 Å². The average Bonchev–Trinajstić information content (AvgIpc) is 2.86. The highest BCUT2D eigenvalue weighted by atomic mass is 79.9. The highest BCUT2D eigenvalue weighted by Gasteiger charge is 2.25. The number of ether oxygens (including phenoxy) is 1. The van der Waals surface area contributed by atoms with E-state index >= 15 is 0 Å². The summed E-state index contributed by atoms with van der Waals surface area (Å²) in [6, 6.07) is 13.0. The van der Waals surface area contributed by atoms with Gasteiger partial charge in [0.2, 0.25) is 16.0 Å². The Hall–Kier alpha value is -2.43. The minimum absolute atomic E-state index is 0.153. The molecule has 2 N–H and O–H groups in total. The molecule has 3 aromatic rings. The molecule has 35 heavy (non-hydrogen) atoms. The second kappa shape index (κ2) is 11.1. The van der Waals surface area contributed by atoms with Crippen molar-refractivity contribution in [3.63, 3.8) is 0 Å². The molecular formula is C25H32BrN5O3S. The summed E-state index contributed by atoms with van der Waals surface area (Å²) in [5.74, 6) is 2.70. The van der Waals surface area contributed by atoms with Gasteiger partial charge in [-0.05, 0) is 67.9 Å². The first-order valence-electron chi connectivity index (χ1n) is 11.8. The molecule has 0 amide bonds. The zero-order valence-electron chi connectivity index (χ0n) is 20.3. The summed E-state index contributed by atoms with van der Waals surface area (Å²) in [6.45, 7) is 1.23. The second-order valence-electron chi connectivity index (χ2n) is 9.20. The first-order chi connectivity index (χ1) is 16.8. The van der Waals surface area contributed by atoms with E-state index in [1.54, 1.807) is 18.2 Å². The summed E-state index contributed by atoms with van der Waals surface area (Å²) in [4.78, 5) is 11.6. The predicted octanol–water partition coefficient (Wildman–Crippen LogP) is 4.66. The van der Waals surface area contributed by atoms with Crippen LogP contribution in [0.15, 0.2) is 51.8 Å². The lowest BCUT2D eigenvalue weighted by molar-refractivity contribution is 0.284. The molecule has 188 valence electrons. The van der Waals surface area contributed by atoms with Crippen LogP contribution in [0.1, 0.15) is 25.7 Å². The summed E-state index contributed by atoms with van der Waals surface area (Å²) in [5.41, 5.74) is 0.923. The molecule has 0 saturated heterocycles. The van der Waals surface area contributed by atoms with E-state index in [4.69, 9.17) is 9.72 Å². The van der Waals surface area contributed by atoms with Gasteiger partial charge in [-0.15, -0.1) is 0 Å². The number of methoxy groups -OCH3 is 1.